The molecule has 0 radical (unpaired) electrons. The lowest BCUT2D eigenvalue weighted by atomic mass is 10.00. The molecule has 0 aromatic heterocycles. The zero-order valence-electron chi connectivity index (χ0n) is 7.30. The molecule has 0 saturated carbocycles. The van der Waals surface area contributed by atoms with Crippen LogP contribution in [-0.2, 0) is 4.79 Å². The summed E-state index contributed by atoms with van der Waals surface area (Å²) < 4.78 is 0. The molecule has 4 nitrogen and oxygen atoms in total. The summed E-state index contributed by atoms with van der Waals surface area (Å²) in [7, 11) is 0. The van der Waals surface area contributed by atoms with Crippen LogP contribution in [0.3, 0.4) is 0 Å². The zero-order valence-corrected chi connectivity index (χ0v) is 7.30. The van der Waals surface area contributed by atoms with Gasteiger partial charge in [-0.05, 0) is 20.8 Å². The van der Waals surface area contributed by atoms with Crippen molar-refractivity contribution < 1.29 is 10.0 Å². The van der Waals surface area contributed by atoms with Crippen LogP contribution in [0.2, 0.25) is 0 Å². The molecule has 0 spiro atoms. The maximum atomic E-state index is 10.6. The second kappa shape index (κ2) is 3.37. The van der Waals surface area contributed by atoms with E-state index in [9.17, 15) is 4.79 Å². The number of carbonyl (C=O) groups excluding carboxylic acids is 1. The summed E-state index contributed by atoms with van der Waals surface area (Å²) in [5.41, 5.74) is -0.0895. The molecule has 0 aliphatic rings. The minimum Gasteiger partial charge on any atom is -0.411 e. The van der Waals surface area contributed by atoms with Gasteiger partial charge in [-0.1, -0.05) is 5.16 Å². The Kier molecular flexibility index (Phi) is 3.04. The molecule has 0 heterocycles. The fraction of sp³-hybridized carbons (Fsp3) is 0.714. The Bertz CT molecular complexity index is 185. The van der Waals surface area contributed by atoms with Gasteiger partial charge in [0.2, 0.25) is 5.91 Å². The Balaban J connectivity index is 4.33. The monoisotopic (exact) mass is 158 g/mol. The van der Waals surface area contributed by atoms with Crippen LogP contribution < -0.4 is 5.32 Å². The van der Waals surface area contributed by atoms with Gasteiger partial charge in [0.1, 0.15) is 0 Å². The molecule has 64 valence electrons. The van der Waals surface area contributed by atoms with E-state index >= 15 is 0 Å². The quantitative estimate of drug-likeness (QED) is 0.354. The standard InChI is InChI=1S/C7H14N2O2/c1-5(9-11)7(3,4)8-6(2)10/h11H,1-4H3,(H,8,10)/b9-5+. The van der Waals surface area contributed by atoms with Gasteiger partial charge in [0.25, 0.3) is 0 Å². The van der Waals surface area contributed by atoms with E-state index in [1.54, 1.807) is 20.8 Å². The number of carbonyl (C=O) groups is 1. The fourth-order valence-electron chi connectivity index (χ4n) is 0.656. The number of rotatable bonds is 2. The normalized spacial score (nSPS) is 12.9. The van der Waals surface area contributed by atoms with Crippen molar-refractivity contribution in [2.75, 3.05) is 0 Å². The van der Waals surface area contributed by atoms with Crippen molar-refractivity contribution in [3.8, 4) is 0 Å². The van der Waals surface area contributed by atoms with E-state index in [1.165, 1.54) is 6.92 Å². The van der Waals surface area contributed by atoms with E-state index in [-0.39, 0.29) is 5.91 Å². The van der Waals surface area contributed by atoms with Crippen LogP contribution in [-0.4, -0.2) is 22.4 Å². The van der Waals surface area contributed by atoms with Gasteiger partial charge in [-0.25, -0.2) is 0 Å². The molecule has 1 amide bonds. The Morgan fingerprint density at radius 2 is 1.91 bits per heavy atom. The summed E-state index contributed by atoms with van der Waals surface area (Å²) in [6.45, 7) is 6.61. The molecule has 0 fully saturated rings. The Morgan fingerprint density at radius 3 is 2.18 bits per heavy atom. The lowest BCUT2D eigenvalue weighted by Crippen LogP contribution is -2.47. The predicted molar refractivity (Wildman–Crippen MR) is 42.8 cm³/mol. The summed E-state index contributed by atoms with van der Waals surface area (Å²) in [5, 5.41) is 14.1. The second-order valence-electron chi connectivity index (χ2n) is 2.99. The van der Waals surface area contributed by atoms with Crippen LogP contribution in [0, 0.1) is 0 Å². The fourth-order valence-corrected chi connectivity index (χ4v) is 0.656. The summed E-state index contributed by atoms with van der Waals surface area (Å²) in [4.78, 5) is 10.6. The minimum absolute atomic E-state index is 0.141. The summed E-state index contributed by atoms with van der Waals surface area (Å²) in [5.74, 6) is -0.141. The van der Waals surface area contributed by atoms with Crippen LogP contribution in [0.4, 0.5) is 0 Å². The van der Waals surface area contributed by atoms with Crippen molar-refractivity contribution >= 4 is 11.6 Å². The van der Waals surface area contributed by atoms with E-state index in [0.29, 0.717) is 5.71 Å². The van der Waals surface area contributed by atoms with Crippen molar-refractivity contribution in [1.82, 2.24) is 5.32 Å². The number of hydrogen-bond acceptors (Lipinski definition) is 3. The summed E-state index contributed by atoms with van der Waals surface area (Å²) in [6.07, 6.45) is 0. The summed E-state index contributed by atoms with van der Waals surface area (Å²) >= 11 is 0. The Morgan fingerprint density at radius 1 is 1.45 bits per heavy atom. The third-order valence-electron chi connectivity index (χ3n) is 1.54. The van der Waals surface area contributed by atoms with Crippen molar-refractivity contribution in [1.29, 1.82) is 0 Å². The first-order chi connectivity index (χ1) is 4.90. The van der Waals surface area contributed by atoms with Gasteiger partial charge in [-0.2, -0.15) is 0 Å². The molecule has 0 atom stereocenters. The smallest absolute Gasteiger partial charge is 0.217 e. The van der Waals surface area contributed by atoms with Crippen LogP contribution in [0.1, 0.15) is 27.7 Å². The molecule has 0 rings (SSSR count). The van der Waals surface area contributed by atoms with Crippen LogP contribution in [0.5, 0.6) is 0 Å². The number of amides is 1. The molecule has 4 heteroatoms. The van der Waals surface area contributed by atoms with Crippen molar-refractivity contribution in [3.05, 3.63) is 0 Å². The largest absolute Gasteiger partial charge is 0.411 e. The van der Waals surface area contributed by atoms with Crippen molar-refractivity contribution in [3.63, 3.8) is 0 Å². The van der Waals surface area contributed by atoms with E-state index < -0.39 is 5.54 Å². The highest BCUT2D eigenvalue weighted by molar-refractivity contribution is 5.93. The first-order valence-electron chi connectivity index (χ1n) is 3.38. The maximum absolute atomic E-state index is 10.6. The molecule has 0 aromatic rings. The van der Waals surface area contributed by atoms with Crippen LogP contribution in [0.25, 0.3) is 0 Å². The van der Waals surface area contributed by atoms with Gasteiger partial charge in [-0.3, -0.25) is 4.79 Å². The van der Waals surface area contributed by atoms with Gasteiger partial charge in [-0.15, -0.1) is 0 Å². The predicted octanol–water partition coefficient (Wildman–Crippen LogP) is 0.751. The average molecular weight is 158 g/mol. The lowest BCUT2D eigenvalue weighted by molar-refractivity contribution is -0.119. The first-order valence-corrected chi connectivity index (χ1v) is 3.38. The third-order valence-corrected chi connectivity index (χ3v) is 1.54. The number of nitrogens with zero attached hydrogens (tertiary/aromatic N) is 1. The molecule has 0 bridgehead atoms. The second-order valence-corrected chi connectivity index (χ2v) is 2.99. The van der Waals surface area contributed by atoms with E-state index in [4.69, 9.17) is 5.21 Å². The SMILES string of the molecule is CC(=O)NC(C)(C)/C(C)=N/O. The molecular formula is C7H14N2O2. The Hall–Kier alpha value is -1.06. The minimum atomic E-state index is -0.569. The van der Waals surface area contributed by atoms with Gasteiger partial charge in [0.05, 0.1) is 11.3 Å². The van der Waals surface area contributed by atoms with Crippen molar-refractivity contribution in [2.24, 2.45) is 5.16 Å². The maximum Gasteiger partial charge on any atom is 0.217 e. The topological polar surface area (TPSA) is 61.7 Å². The average Bonchev–Trinajstić information content (AvgIpc) is 1.83. The molecule has 0 aromatic carbocycles. The molecule has 11 heavy (non-hydrogen) atoms. The highest BCUT2D eigenvalue weighted by atomic mass is 16.4. The van der Waals surface area contributed by atoms with E-state index in [2.05, 4.69) is 10.5 Å². The van der Waals surface area contributed by atoms with Gasteiger partial charge in [0.15, 0.2) is 0 Å². The lowest BCUT2D eigenvalue weighted by Gasteiger charge is -2.23. The first kappa shape index (κ1) is 9.94. The Labute approximate surface area is 66.3 Å². The summed E-state index contributed by atoms with van der Waals surface area (Å²) in [6, 6.07) is 0. The van der Waals surface area contributed by atoms with Crippen LogP contribution in [0.15, 0.2) is 5.16 Å². The van der Waals surface area contributed by atoms with Gasteiger partial charge >= 0.3 is 0 Å². The number of oxime groups is 1. The van der Waals surface area contributed by atoms with Crippen LogP contribution >= 0.6 is 0 Å². The molecular weight excluding hydrogens is 144 g/mol. The third kappa shape index (κ3) is 3.02. The van der Waals surface area contributed by atoms with Gasteiger partial charge < -0.3 is 10.5 Å². The van der Waals surface area contributed by atoms with E-state index in [0.717, 1.165) is 0 Å². The molecule has 2 N–H and O–H groups in total. The van der Waals surface area contributed by atoms with E-state index in [1.807, 2.05) is 0 Å². The van der Waals surface area contributed by atoms with Crippen molar-refractivity contribution in [2.45, 2.75) is 33.2 Å². The molecule has 0 aliphatic carbocycles. The zero-order chi connectivity index (χ0) is 9.07. The highest BCUT2D eigenvalue weighted by Crippen LogP contribution is 2.04. The molecule has 0 aliphatic heterocycles. The number of hydrogen-bond donors (Lipinski definition) is 2. The molecule has 0 saturated heterocycles. The highest BCUT2D eigenvalue weighted by Gasteiger charge is 2.22. The molecule has 0 unspecified atom stereocenters. The van der Waals surface area contributed by atoms with Gasteiger partial charge in [0, 0.05) is 6.92 Å². The number of nitrogens with one attached hydrogen (secondary N) is 1.